The molecule has 2 saturated heterocycles. The number of anilines is 4. The number of nitrogens with two attached hydrogens (primary N) is 2. The average Bonchev–Trinajstić information content (AvgIpc) is 3.13. The second kappa shape index (κ2) is 8.84. The predicted molar refractivity (Wildman–Crippen MR) is 119 cm³/mol. The summed E-state index contributed by atoms with van der Waals surface area (Å²) in [6, 6.07) is 5.25. The summed E-state index contributed by atoms with van der Waals surface area (Å²) in [6.45, 7) is 4.44. The van der Waals surface area contributed by atoms with Crippen LogP contribution in [0.3, 0.4) is 0 Å². The Morgan fingerprint density at radius 2 is 1.85 bits per heavy atom. The number of halogens is 3. The molecule has 2 aliphatic rings. The van der Waals surface area contributed by atoms with E-state index < -0.39 is 17.3 Å². The van der Waals surface area contributed by atoms with Crippen molar-refractivity contribution in [3.63, 3.8) is 0 Å². The van der Waals surface area contributed by atoms with Crippen molar-refractivity contribution in [3.8, 4) is 0 Å². The molecule has 0 radical (unpaired) electrons. The van der Waals surface area contributed by atoms with E-state index in [1.54, 1.807) is 6.92 Å². The number of rotatable bonds is 5. The molecule has 0 bridgehead atoms. The Morgan fingerprint density at radius 3 is 2.48 bits per heavy atom. The van der Waals surface area contributed by atoms with Crippen molar-refractivity contribution in [2.24, 2.45) is 5.84 Å². The topological polar surface area (TPSA) is 117 Å². The maximum atomic E-state index is 13.5. The van der Waals surface area contributed by atoms with Crippen LogP contribution in [0.1, 0.15) is 24.5 Å². The van der Waals surface area contributed by atoms with E-state index in [1.165, 1.54) is 18.2 Å². The molecule has 2 aliphatic heterocycles. The average molecular weight is 467 g/mol. The van der Waals surface area contributed by atoms with E-state index in [0.717, 1.165) is 11.1 Å². The highest BCUT2D eigenvalue weighted by Gasteiger charge is 2.36. The molecule has 5 N–H and O–H groups in total. The Labute approximate surface area is 189 Å². The van der Waals surface area contributed by atoms with E-state index in [4.69, 9.17) is 16.3 Å². The highest BCUT2D eigenvalue weighted by molar-refractivity contribution is 5.78. The molecule has 0 spiro atoms. The lowest BCUT2D eigenvalue weighted by Gasteiger charge is -2.31. The number of ether oxygens (including phenoxy) is 1. The third kappa shape index (κ3) is 5.07. The number of aliphatic hydroxyl groups is 1. The summed E-state index contributed by atoms with van der Waals surface area (Å²) in [5.41, 5.74) is 4.88. The van der Waals surface area contributed by atoms with Crippen molar-refractivity contribution in [2.45, 2.75) is 31.7 Å². The first-order valence-corrected chi connectivity index (χ1v) is 10.7. The highest BCUT2D eigenvalue weighted by atomic mass is 19.4. The standard InChI is InChI=1S/C21H28F3N7O2/c1-20(32)6-7-30(13-20)17-16(25)18(28-19(27-17)29-8-10-33-11-9-29)31(26)12-14-4-2-3-5-15(14)21(22,23)24/h2-5,32H,6-13,25-26H2,1H3/t20-/m0/s1. The second-order valence-electron chi connectivity index (χ2n) is 8.64. The molecule has 0 unspecified atom stereocenters. The number of nitrogens with zero attached hydrogens (tertiary/aromatic N) is 5. The van der Waals surface area contributed by atoms with Crippen molar-refractivity contribution in [1.29, 1.82) is 0 Å². The number of morpholine rings is 1. The third-order valence-corrected chi connectivity index (χ3v) is 5.87. The minimum absolute atomic E-state index is 0.00379. The van der Waals surface area contributed by atoms with Gasteiger partial charge in [0.15, 0.2) is 11.6 Å². The summed E-state index contributed by atoms with van der Waals surface area (Å²) in [4.78, 5) is 12.9. The molecule has 1 aromatic heterocycles. The number of nitrogen functional groups attached to an aromatic ring is 1. The quantitative estimate of drug-likeness (QED) is 0.447. The molecule has 0 saturated carbocycles. The fraction of sp³-hybridized carbons (Fsp3) is 0.524. The van der Waals surface area contributed by atoms with Crippen LogP contribution in [-0.2, 0) is 17.5 Å². The van der Waals surface area contributed by atoms with Gasteiger partial charge in [0.1, 0.15) is 5.69 Å². The van der Waals surface area contributed by atoms with Gasteiger partial charge in [-0.2, -0.15) is 23.1 Å². The number of hydrogen-bond acceptors (Lipinski definition) is 9. The molecule has 1 atom stereocenters. The number of β-amino-alcohol motifs (C(OH)–C–C–N with tert-alkyl or cyclic N) is 1. The summed E-state index contributed by atoms with van der Waals surface area (Å²) in [6.07, 6.45) is -3.98. The van der Waals surface area contributed by atoms with Gasteiger partial charge in [-0.3, -0.25) is 5.01 Å². The second-order valence-corrected chi connectivity index (χ2v) is 8.64. The summed E-state index contributed by atoms with van der Waals surface area (Å²) >= 11 is 0. The Balaban J connectivity index is 1.71. The molecule has 2 aromatic rings. The Hall–Kier alpha value is -2.83. The maximum absolute atomic E-state index is 13.5. The lowest BCUT2D eigenvalue weighted by Crippen LogP contribution is -2.39. The van der Waals surface area contributed by atoms with E-state index in [2.05, 4.69) is 9.97 Å². The van der Waals surface area contributed by atoms with Crippen LogP contribution in [-0.4, -0.2) is 60.1 Å². The molecule has 180 valence electrons. The number of hydrogen-bond donors (Lipinski definition) is 3. The summed E-state index contributed by atoms with van der Waals surface area (Å²) in [7, 11) is 0. The zero-order valence-electron chi connectivity index (χ0n) is 18.3. The van der Waals surface area contributed by atoms with E-state index in [1.807, 2.05) is 9.80 Å². The smallest absolute Gasteiger partial charge is 0.393 e. The first-order valence-electron chi connectivity index (χ1n) is 10.7. The molecule has 4 rings (SSSR count). The van der Waals surface area contributed by atoms with Gasteiger partial charge >= 0.3 is 6.18 Å². The van der Waals surface area contributed by atoms with Gasteiger partial charge in [-0.05, 0) is 25.0 Å². The molecule has 2 fully saturated rings. The van der Waals surface area contributed by atoms with Crippen LogP contribution in [0.25, 0.3) is 0 Å². The molecule has 0 amide bonds. The van der Waals surface area contributed by atoms with Crippen LogP contribution in [0.5, 0.6) is 0 Å². The lowest BCUT2D eigenvalue weighted by molar-refractivity contribution is -0.138. The van der Waals surface area contributed by atoms with Gasteiger partial charge in [0, 0.05) is 26.2 Å². The molecular weight excluding hydrogens is 439 g/mol. The molecule has 9 nitrogen and oxygen atoms in total. The molecule has 1 aromatic carbocycles. The first-order chi connectivity index (χ1) is 15.5. The van der Waals surface area contributed by atoms with Crippen molar-refractivity contribution >= 4 is 23.3 Å². The Bertz CT molecular complexity index is 996. The molecular formula is C21H28F3N7O2. The molecule has 3 heterocycles. The van der Waals surface area contributed by atoms with E-state index >= 15 is 0 Å². The van der Waals surface area contributed by atoms with Crippen LogP contribution in [0.15, 0.2) is 24.3 Å². The predicted octanol–water partition coefficient (Wildman–Crippen LogP) is 1.76. The third-order valence-electron chi connectivity index (χ3n) is 5.87. The Kier molecular flexibility index (Phi) is 6.25. The fourth-order valence-electron chi connectivity index (χ4n) is 4.12. The van der Waals surface area contributed by atoms with Gasteiger partial charge in [-0.1, -0.05) is 18.2 Å². The minimum Gasteiger partial charge on any atom is -0.393 e. The highest BCUT2D eigenvalue weighted by Crippen LogP contribution is 2.37. The number of hydrazine groups is 1. The summed E-state index contributed by atoms with van der Waals surface area (Å²) in [5.74, 6) is 7.14. The van der Waals surface area contributed by atoms with Gasteiger partial charge in [0.2, 0.25) is 5.95 Å². The van der Waals surface area contributed by atoms with Gasteiger partial charge in [-0.15, -0.1) is 0 Å². The SMILES string of the molecule is C[C@]1(O)CCN(c2nc(N3CCOCC3)nc(N(N)Cc3ccccc3C(F)(F)F)c2N)C1. The Morgan fingerprint density at radius 1 is 1.15 bits per heavy atom. The number of benzene rings is 1. The fourth-order valence-corrected chi connectivity index (χ4v) is 4.12. The first kappa shape index (κ1) is 23.3. The van der Waals surface area contributed by atoms with Crippen molar-refractivity contribution in [1.82, 2.24) is 9.97 Å². The van der Waals surface area contributed by atoms with Gasteiger partial charge in [0.25, 0.3) is 0 Å². The van der Waals surface area contributed by atoms with Crippen LogP contribution in [0.2, 0.25) is 0 Å². The van der Waals surface area contributed by atoms with Crippen LogP contribution in [0, 0.1) is 0 Å². The molecule has 12 heteroatoms. The maximum Gasteiger partial charge on any atom is 0.416 e. The number of aromatic nitrogens is 2. The van der Waals surface area contributed by atoms with Crippen LogP contribution < -0.4 is 26.4 Å². The largest absolute Gasteiger partial charge is 0.416 e. The van der Waals surface area contributed by atoms with Gasteiger partial charge < -0.3 is 25.4 Å². The van der Waals surface area contributed by atoms with Crippen molar-refractivity contribution < 1.29 is 23.0 Å². The lowest BCUT2D eigenvalue weighted by atomic mass is 10.1. The minimum atomic E-state index is -4.51. The molecule has 0 aliphatic carbocycles. The van der Waals surface area contributed by atoms with Crippen LogP contribution >= 0.6 is 0 Å². The van der Waals surface area contributed by atoms with E-state index in [9.17, 15) is 18.3 Å². The van der Waals surface area contributed by atoms with Crippen molar-refractivity contribution in [3.05, 3.63) is 35.4 Å². The monoisotopic (exact) mass is 467 g/mol. The van der Waals surface area contributed by atoms with Gasteiger partial charge in [0.05, 0.1) is 30.9 Å². The van der Waals surface area contributed by atoms with Gasteiger partial charge in [-0.25, -0.2) is 5.84 Å². The number of alkyl halides is 3. The summed E-state index contributed by atoms with van der Waals surface area (Å²) in [5, 5.41) is 11.5. The summed E-state index contributed by atoms with van der Waals surface area (Å²) < 4.78 is 45.8. The zero-order valence-corrected chi connectivity index (χ0v) is 18.3. The normalized spacial score (nSPS) is 21.5. The van der Waals surface area contributed by atoms with Crippen LogP contribution in [0.4, 0.5) is 36.4 Å². The van der Waals surface area contributed by atoms with E-state index in [-0.39, 0.29) is 23.6 Å². The zero-order chi connectivity index (χ0) is 23.8. The van der Waals surface area contributed by atoms with E-state index in [0.29, 0.717) is 57.6 Å². The molecule has 33 heavy (non-hydrogen) atoms. The van der Waals surface area contributed by atoms with Crippen molar-refractivity contribution in [2.75, 3.05) is 59.9 Å².